The highest BCUT2D eigenvalue weighted by Crippen LogP contribution is 2.30. The lowest BCUT2D eigenvalue weighted by atomic mass is 10.2. The minimum atomic E-state index is -0.346. The highest BCUT2D eigenvalue weighted by molar-refractivity contribution is 7.99. The number of carbonyl (C=O) groups excluding carboxylic acids is 1. The van der Waals surface area contributed by atoms with Crippen molar-refractivity contribution in [3.8, 4) is 0 Å². The van der Waals surface area contributed by atoms with E-state index >= 15 is 0 Å². The van der Waals surface area contributed by atoms with Gasteiger partial charge in [0, 0.05) is 29.3 Å². The lowest BCUT2D eigenvalue weighted by Gasteiger charge is -2.07. The number of benzene rings is 1. The lowest BCUT2D eigenvalue weighted by molar-refractivity contribution is 0.0963. The van der Waals surface area contributed by atoms with E-state index < -0.39 is 0 Å². The van der Waals surface area contributed by atoms with Crippen LogP contribution < -0.4 is 22.3 Å². The molecular formula is C12H13N5O2S. The minimum absolute atomic E-state index is 0.122. The van der Waals surface area contributed by atoms with Crippen molar-refractivity contribution in [1.82, 2.24) is 15.3 Å². The van der Waals surface area contributed by atoms with Crippen LogP contribution in [-0.4, -0.2) is 22.9 Å². The zero-order valence-corrected chi connectivity index (χ0v) is 11.5. The molecule has 0 fully saturated rings. The molecule has 1 aromatic heterocycles. The third kappa shape index (κ3) is 3.09. The molecule has 0 radical (unpaired) electrons. The maximum absolute atomic E-state index is 11.6. The molecule has 0 saturated heterocycles. The predicted octanol–water partition coefficient (Wildman–Crippen LogP) is 0.445. The van der Waals surface area contributed by atoms with Gasteiger partial charge in [-0.25, -0.2) is 4.98 Å². The third-order valence-electron chi connectivity index (χ3n) is 2.45. The first-order chi connectivity index (χ1) is 9.49. The van der Waals surface area contributed by atoms with Gasteiger partial charge in [0.2, 0.25) is 0 Å². The number of carbonyl (C=O) groups is 1. The fourth-order valence-electron chi connectivity index (χ4n) is 1.51. The molecule has 0 spiro atoms. The molecule has 6 N–H and O–H groups in total. The van der Waals surface area contributed by atoms with E-state index in [1.54, 1.807) is 25.2 Å². The molecule has 1 heterocycles. The Balaban J connectivity index is 2.37. The van der Waals surface area contributed by atoms with Crippen LogP contribution in [0, 0.1) is 0 Å². The number of aromatic amines is 1. The van der Waals surface area contributed by atoms with Gasteiger partial charge in [0.15, 0.2) is 5.16 Å². The number of aromatic nitrogens is 2. The fraction of sp³-hybridized carbons (Fsp3) is 0.0833. The number of hydrogen-bond acceptors (Lipinski definition) is 6. The van der Waals surface area contributed by atoms with Gasteiger partial charge in [0.1, 0.15) is 5.82 Å². The van der Waals surface area contributed by atoms with Crippen molar-refractivity contribution in [2.75, 3.05) is 18.5 Å². The summed E-state index contributed by atoms with van der Waals surface area (Å²) >= 11 is 1.13. The minimum Gasteiger partial charge on any atom is -0.398 e. The van der Waals surface area contributed by atoms with Gasteiger partial charge in [-0.1, -0.05) is 0 Å². The van der Waals surface area contributed by atoms with Gasteiger partial charge in [-0.3, -0.25) is 9.59 Å². The first-order valence-electron chi connectivity index (χ1n) is 5.66. The van der Waals surface area contributed by atoms with Crippen LogP contribution in [0.25, 0.3) is 0 Å². The van der Waals surface area contributed by atoms with Gasteiger partial charge in [-0.2, -0.15) is 0 Å². The molecule has 0 unspecified atom stereocenters. The highest BCUT2D eigenvalue weighted by Gasteiger charge is 2.09. The number of nitrogen functional groups attached to an aromatic ring is 2. The molecule has 7 nitrogen and oxygen atoms in total. The van der Waals surface area contributed by atoms with Crippen LogP contribution in [0.4, 0.5) is 11.5 Å². The zero-order valence-electron chi connectivity index (χ0n) is 10.6. The highest BCUT2D eigenvalue weighted by atomic mass is 32.2. The average Bonchev–Trinajstić information content (AvgIpc) is 2.39. The Kier molecular flexibility index (Phi) is 3.94. The summed E-state index contributed by atoms with van der Waals surface area (Å²) < 4.78 is 0. The maximum Gasteiger partial charge on any atom is 0.253 e. The van der Waals surface area contributed by atoms with Crippen LogP contribution in [0.3, 0.4) is 0 Å². The zero-order chi connectivity index (χ0) is 14.7. The molecule has 0 aliphatic carbocycles. The topological polar surface area (TPSA) is 127 Å². The number of amides is 1. The number of anilines is 2. The monoisotopic (exact) mass is 291 g/mol. The van der Waals surface area contributed by atoms with Gasteiger partial charge in [0.05, 0.1) is 0 Å². The quantitative estimate of drug-likeness (QED) is 0.480. The first-order valence-corrected chi connectivity index (χ1v) is 6.47. The van der Waals surface area contributed by atoms with Gasteiger partial charge < -0.3 is 21.8 Å². The summed E-state index contributed by atoms with van der Waals surface area (Å²) in [5, 5.41) is 2.84. The van der Waals surface area contributed by atoms with Crippen molar-refractivity contribution in [2.24, 2.45) is 0 Å². The van der Waals surface area contributed by atoms with Crippen LogP contribution in [0.15, 0.2) is 39.1 Å². The second-order valence-electron chi connectivity index (χ2n) is 3.91. The molecule has 20 heavy (non-hydrogen) atoms. The molecule has 0 aliphatic rings. The third-order valence-corrected chi connectivity index (χ3v) is 3.41. The number of H-pyrrole nitrogens is 1. The summed E-state index contributed by atoms with van der Waals surface area (Å²) in [4.78, 5) is 30.1. The summed E-state index contributed by atoms with van der Waals surface area (Å²) in [7, 11) is 1.54. The maximum atomic E-state index is 11.6. The molecule has 0 saturated carbocycles. The standard InChI is InChI=1S/C12H13N5O2S/c1-15-11(19)6-2-3-7(13)8(4-6)20-12-16-9(14)5-10(18)17-12/h2-5H,13H2,1H3,(H,15,19)(H3,14,16,17,18). The summed E-state index contributed by atoms with van der Waals surface area (Å²) in [5.74, 6) is -0.0989. The molecule has 0 atom stereocenters. The molecule has 1 aromatic carbocycles. The summed E-state index contributed by atoms with van der Waals surface area (Å²) in [6, 6.07) is 6.06. The van der Waals surface area contributed by atoms with E-state index in [4.69, 9.17) is 11.5 Å². The van der Waals surface area contributed by atoms with Crippen LogP contribution >= 0.6 is 11.8 Å². The number of rotatable bonds is 3. The van der Waals surface area contributed by atoms with Crippen LogP contribution in [0.5, 0.6) is 0 Å². The van der Waals surface area contributed by atoms with Crippen molar-refractivity contribution < 1.29 is 4.79 Å². The second kappa shape index (κ2) is 5.66. The van der Waals surface area contributed by atoms with Crippen molar-refractivity contribution in [3.63, 3.8) is 0 Å². The number of nitrogens with one attached hydrogen (secondary N) is 2. The van der Waals surface area contributed by atoms with Gasteiger partial charge in [0.25, 0.3) is 11.5 Å². The van der Waals surface area contributed by atoms with Crippen molar-refractivity contribution in [3.05, 3.63) is 40.2 Å². The lowest BCUT2D eigenvalue weighted by Crippen LogP contribution is -2.17. The van der Waals surface area contributed by atoms with Crippen molar-refractivity contribution in [1.29, 1.82) is 0 Å². The first kappa shape index (κ1) is 13.9. The van der Waals surface area contributed by atoms with E-state index in [9.17, 15) is 9.59 Å². The summed E-state index contributed by atoms with van der Waals surface area (Å²) in [5.41, 5.74) is 12.0. The number of nitrogens with zero attached hydrogens (tertiary/aromatic N) is 1. The Morgan fingerprint density at radius 3 is 2.75 bits per heavy atom. The van der Waals surface area contributed by atoms with Crippen LogP contribution in [0.1, 0.15) is 10.4 Å². The number of hydrogen-bond donors (Lipinski definition) is 4. The molecule has 8 heteroatoms. The molecule has 104 valence electrons. The Hall–Kier alpha value is -2.48. The normalized spacial score (nSPS) is 10.2. The van der Waals surface area contributed by atoms with Gasteiger partial charge >= 0.3 is 0 Å². The largest absolute Gasteiger partial charge is 0.398 e. The van der Waals surface area contributed by atoms with E-state index in [1.165, 1.54) is 6.07 Å². The van der Waals surface area contributed by atoms with Gasteiger partial charge in [-0.05, 0) is 30.0 Å². The van der Waals surface area contributed by atoms with Crippen LogP contribution in [-0.2, 0) is 0 Å². The molecule has 0 aliphatic heterocycles. The molecule has 2 aromatic rings. The summed E-state index contributed by atoms with van der Waals surface area (Å²) in [6.45, 7) is 0. The van der Waals surface area contributed by atoms with E-state index in [1.807, 2.05) is 0 Å². The van der Waals surface area contributed by atoms with E-state index in [0.717, 1.165) is 11.8 Å². The van der Waals surface area contributed by atoms with Crippen molar-refractivity contribution in [2.45, 2.75) is 10.1 Å². The second-order valence-corrected chi connectivity index (χ2v) is 4.94. The number of nitrogens with two attached hydrogens (primary N) is 2. The SMILES string of the molecule is CNC(=O)c1ccc(N)c(Sc2nc(N)cc(=O)[nH]2)c1. The summed E-state index contributed by atoms with van der Waals surface area (Å²) in [6.07, 6.45) is 0. The van der Waals surface area contributed by atoms with E-state index in [0.29, 0.717) is 21.3 Å². The Bertz CT molecular complexity index is 713. The van der Waals surface area contributed by atoms with E-state index in [2.05, 4.69) is 15.3 Å². The average molecular weight is 291 g/mol. The Morgan fingerprint density at radius 1 is 1.35 bits per heavy atom. The molecule has 2 rings (SSSR count). The molecule has 1 amide bonds. The fourth-order valence-corrected chi connectivity index (χ4v) is 2.40. The molecule has 0 bridgehead atoms. The van der Waals surface area contributed by atoms with Crippen LogP contribution in [0.2, 0.25) is 0 Å². The Morgan fingerprint density at radius 2 is 2.10 bits per heavy atom. The molecular weight excluding hydrogens is 278 g/mol. The smallest absolute Gasteiger partial charge is 0.253 e. The van der Waals surface area contributed by atoms with Crippen molar-refractivity contribution >= 4 is 29.2 Å². The predicted molar refractivity (Wildman–Crippen MR) is 77.6 cm³/mol. The Labute approximate surface area is 118 Å². The van der Waals surface area contributed by atoms with Gasteiger partial charge in [-0.15, -0.1) is 0 Å². The van der Waals surface area contributed by atoms with E-state index in [-0.39, 0.29) is 17.3 Å².